The van der Waals surface area contributed by atoms with Crippen LogP contribution in [0.25, 0.3) is 0 Å². The third kappa shape index (κ3) is 2.79. The fourth-order valence-corrected chi connectivity index (χ4v) is 1.92. The van der Waals surface area contributed by atoms with Gasteiger partial charge in [-0.2, -0.15) is 13.2 Å². The molecule has 0 radical (unpaired) electrons. The molecule has 0 bridgehead atoms. The molecule has 98 valence electrons. The van der Waals surface area contributed by atoms with Crippen LogP contribution in [0.1, 0.15) is 20.8 Å². The van der Waals surface area contributed by atoms with Crippen LogP contribution in [0.5, 0.6) is 0 Å². The second-order valence-corrected chi connectivity index (χ2v) is 4.59. The first-order valence-corrected chi connectivity index (χ1v) is 5.23. The monoisotopic (exact) mass is 254 g/mol. The molecule has 0 saturated heterocycles. The maximum atomic E-state index is 12.8. The highest BCUT2D eigenvalue weighted by molar-refractivity contribution is 5.78. The average Bonchev–Trinajstić information content (AvgIpc) is 2.67. The molecule has 0 heterocycles. The summed E-state index contributed by atoms with van der Waals surface area (Å²) >= 11 is 0. The van der Waals surface area contributed by atoms with Gasteiger partial charge in [0.1, 0.15) is 0 Å². The number of halogens is 4. The lowest BCUT2D eigenvalue weighted by molar-refractivity contribution is -0.145. The van der Waals surface area contributed by atoms with Crippen molar-refractivity contribution in [3.63, 3.8) is 0 Å². The van der Waals surface area contributed by atoms with Gasteiger partial charge in [0, 0.05) is 0 Å². The third-order valence-electron chi connectivity index (χ3n) is 3.05. The van der Waals surface area contributed by atoms with Gasteiger partial charge in [-0.05, 0) is 24.3 Å². The molecule has 17 heavy (non-hydrogen) atoms. The normalized spacial score (nSPS) is 27.8. The molecule has 0 N–H and O–H groups in total. The number of alkyl halides is 3. The third-order valence-corrected chi connectivity index (χ3v) is 3.05. The maximum Gasteiger partial charge on any atom is 0.442 e. The van der Waals surface area contributed by atoms with Crippen LogP contribution in [0.15, 0.2) is 11.9 Å². The number of ether oxygens (including phenoxy) is 1. The van der Waals surface area contributed by atoms with Gasteiger partial charge in [0.2, 0.25) is 0 Å². The predicted octanol–water partition coefficient (Wildman–Crippen LogP) is 3.24. The molecule has 0 aromatic rings. The van der Waals surface area contributed by atoms with E-state index in [2.05, 4.69) is 0 Å². The minimum atomic E-state index is -4.99. The number of rotatable bonds is 3. The first kappa shape index (κ1) is 14.0. The van der Waals surface area contributed by atoms with Crippen LogP contribution in [0, 0.1) is 17.3 Å². The molecule has 0 amide bonds. The Morgan fingerprint density at radius 1 is 1.41 bits per heavy atom. The van der Waals surface area contributed by atoms with E-state index in [-0.39, 0.29) is 6.61 Å². The molecule has 1 saturated carbocycles. The first-order valence-electron chi connectivity index (χ1n) is 5.23. The van der Waals surface area contributed by atoms with Crippen LogP contribution in [-0.2, 0) is 9.53 Å². The number of allylic oxidation sites excluding steroid dienone is 2. The zero-order chi connectivity index (χ0) is 13.4. The molecule has 1 aliphatic carbocycles. The van der Waals surface area contributed by atoms with E-state index in [1.807, 2.05) is 0 Å². The van der Waals surface area contributed by atoms with Crippen LogP contribution in [-0.4, -0.2) is 18.8 Å². The Kier molecular flexibility index (Phi) is 3.55. The van der Waals surface area contributed by atoms with Gasteiger partial charge in [0.05, 0.1) is 12.5 Å². The van der Waals surface area contributed by atoms with Crippen molar-refractivity contribution in [2.45, 2.75) is 26.9 Å². The summed E-state index contributed by atoms with van der Waals surface area (Å²) in [6, 6.07) is 0. The molecule has 0 aromatic carbocycles. The lowest BCUT2D eigenvalue weighted by Gasteiger charge is -2.02. The van der Waals surface area contributed by atoms with Crippen molar-refractivity contribution >= 4 is 5.97 Å². The van der Waals surface area contributed by atoms with Crippen LogP contribution < -0.4 is 0 Å². The second kappa shape index (κ2) is 4.31. The Labute approximate surface area is 96.6 Å². The molecule has 0 aliphatic heterocycles. The van der Waals surface area contributed by atoms with Crippen molar-refractivity contribution in [1.82, 2.24) is 0 Å². The maximum absolute atomic E-state index is 12.8. The van der Waals surface area contributed by atoms with E-state index >= 15 is 0 Å². The molecule has 1 fully saturated rings. The van der Waals surface area contributed by atoms with Crippen molar-refractivity contribution in [1.29, 1.82) is 0 Å². The average molecular weight is 254 g/mol. The van der Waals surface area contributed by atoms with Gasteiger partial charge in [-0.25, -0.2) is 4.39 Å². The van der Waals surface area contributed by atoms with E-state index in [1.165, 1.54) is 0 Å². The largest absolute Gasteiger partial charge is 0.466 e. The van der Waals surface area contributed by atoms with Crippen molar-refractivity contribution in [2.75, 3.05) is 6.61 Å². The highest BCUT2D eigenvalue weighted by Gasteiger charge is 2.62. The van der Waals surface area contributed by atoms with Crippen LogP contribution in [0.4, 0.5) is 17.6 Å². The Balaban J connectivity index is 2.79. The van der Waals surface area contributed by atoms with Gasteiger partial charge in [-0.15, -0.1) is 0 Å². The van der Waals surface area contributed by atoms with Gasteiger partial charge in [0.15, 0.2) is 5.83 Å². The number of esters is 1. The summed E-state index contributed by atoms with van der Waals surface area (Å²) < 4.78 is 53.5. The first-order chi connectivity index (χ1) is 7.62. The van der Waals surface area contributed by atoms with E-state index in [4.69, 9.17) is 4.74 Å². The molecule has 2 unspecified atom stereocenters. The summed E-state index contributed by atoms with van der Waals surface area (Å²) in [7, 11) is 0. The van der Waals surface area contributed by atoms with Gasteiger partial charge >= 0.3 is 12.1 Å². The molecule has 1 aliphatic rings. The highest BCUT2D eigenvalue weighted by atomic mass is 19.4. The zero-order valence-corrected chi connectivity index (χ0v) is 9.77. The van der Waals surface area contributed by atoms with Gasteiger partial charge in [-0.1, -0.05) is 13.8 Å². The smallest absolute Gasteiger partial charge is 0.442 e. The minimum Gasteiger partial charge on any atom is -0.466 e. The minimum absolute atomic E-state index is 0.156. The lowest BCUT2D eigenvalue weighted by atomic mass is 10.1. The topological polar surface area (TPSA) is 26.3 Å². The molecule has 2 nitrogen and oxygen atoms in total. The molecule has 2 atom stereocenters. The van der Waals surface area contributed by atoms with E-state index in [0.29, 0.717) is 6.08 Å². The summed E-state index contributed by atoms with van der Waals surface area (Å²) in [4.78, 5) is 11.4. The highest BCUT2D eigenvalue weighted by Crippen LogP contribution is 2.60. The number of hydrogen-bond acceptors (Lipinski definition) is 2. The van der Waals surface area contributed by atoms with E-state index in [1.54, 1.807) is 20.8 Å². The predicted molar refractivity (Wildman–Crippen MR) is 52.6 cm³/mol. The van der Waals surface area contributed by atoms with Crippen LogP contribution in [0.3, 0.4) is 0 Å². The van der Waals surface area contributed by atoms with Crippen LogP contribution >= 0.6 is 0 Å². The van der Waals surface area contributed by atoms with E-state index in [0.717, 1.165) is 0 Å². The summed E-state index contributed by atoms with van der Waals surface area (Å²) in [6.07, 6.45) is -4.51. The Hall–Kier alpha value is -1.07. The van der Waals surface area contributed by atoms with Crippen molar-refractivity contribution in [3.8, 4) is 0 Å². The van der Waals surface area contributed by atoms with Crippen molar-refractivity contribution in [3.05, 3.63) is 11.9 Å². The second-order valence-electron chi connectivity index (χ2n) is 4.59. The summed E-state index contributed by atoms with van der Waals surface area (Å²) in [6.45, 7) is 4.98. The summed E-state index contributed by atoms with van der Waals surface area (Å²) in [5.74, 6) is -4.19. The number of carbonyl (C=O) groups is 1. The number of carbonyl (C=O) groups excluding carboxylic acids is 1. The summed E-state index contributed by atoms with van der Waals surface area (Å²) in [5, 5.41) is 0. The molecule has 0 aromatic heterocycles. The van der Waals surface area contributed by atoms with Gasteiger partial charge in [-0.3, -0.25) is 4.79 Å². The summed E-state index contributed by atoms with van der Waals surface area (Å²) in [5.41, 5.74) is -0.686. The van der Waals surface area contributed by atoms with Gasteiger partial charge < -0.3 is 4.74 Å². The van der Waals surface area contributed by atoms with Crippen molar-refractivity contribution < 1.29 is 27.1 Å². The quantitative estimate of drug-likeness (QED) is 0.571. The fourth-order valence-electron chi connectivity index (χ4n) is 1.92. The van der Waals surface area contributed by atoms with E-state index < -0.39 is 35.2 Å². The Morgan fingerprint density at radius 3 is 2.35 bits per heavy atom. The molecular weight excluding hydrogens is 240 g/mol. The molecule has 1 rings (SSSR count). The van der Waals surface area contributed by atoms with Crippen molar-refractivity contribution in [2.24, 2.45) is 17.3 Å². The molecule has 6 heteroatoms. The van der Waals surface area contributed by atoms with E-state index in [9.17, 15) is 22.4 Å². The fraction of sp³-hybridized carbons (Fsp3) is 0.727. The van der Waals surface area contributed by atoms with Gasteiger partial charge in [0.25, 0.3) is 0 Å². The number of hydrogen-bond donors (Lipinski definition) is 0. The Bertz CT molecular complexity index is 344. The SMILES string of the molecule is CCOC(=O)C1C(/C=C(\F)C(F)(F)F)C1(C)C. The standard InChI is InChI=1S/C11H14F4O2/c1-4-17-9(16)8-6(10(8,2)3)5-7(12)11(13,14)15/h5-6,8H,4H2,1-3H3/b7-5-. The zero-order valence-electron chi connectivity index (χ0n) is 9.77. The Morgan fingerprint density at radius 2 is 1.94 bits per heavy atom. The molecule has 0 spiro atoms. The lowest BCUT2D eigenvalue weighted by Crippen LogP contribution is -2.10. The molecular formula is C11H14F4O2. The van der Waals surface area contributed by atoms with Crippen LogP contribution in [0.2, 0.25) is 0 Å².